The number of para-hydroxylation sites is 2. The summed E-state index contributed by atoms with van der Waals surface area (Å²) in [6, 6.07) is 7.66. The van der Waals surface area contributed by atoms with E-state index in [2.05, 4.69) is 4.99 Å². The molecule has 1 aromatic carbocycles. The van der Waals surface area contributed by atoms with Crippen LogP contribution in [0.1, 0.15) is 0 Å². The maximum atomic E-state index is 10.9. The van der Waals surface area contributed by atoms with Crippen LogP contribution in [0.15, 0.2) is 41.0 Å². The summed E-state index contributed by atoms with van der Waals surface area (Å²) >= 11 is 0. The van der Waals surface area contributed by atoms with Gasteiger partial charge in [-0.15, -0.1) is 0 Å². The van der Waals surface area contributed by atoms with Crippen molar-refractivity contribution in [1.82, 2.24) is 5.01 Å². The van der Waals surface area contributed by atoms with E-state index in [0.717, 1.165) is 11.4 Å². The zero-order chi connectivity index (χ0) is 11.1. The maximum absolute atomic E-state index is 10.9. The molecular formula is C11H9N3O2. The highest BCUT2D eigenvalue weighted by atomic mass is 16.4. The molecule has 0 amide bonds. The van der Waals surface area contributed by atoms with Crippen molar-refractivity contribution in [2.45, 2.75) is 0 Å². The first-order valence-electron chi connectivity index (χ1n) is 4.89. The van der Waals surface area contributed by atoms with Gasteiger partial charge in [-0.1, -0.05) is 12.1 Å². The number of hydrogen-bond acceptors (Lipinski definition) is 4. The third kappa shape index (κ3) is 1.18. The SMILES string of the molecule is O=C(O)C1=CN2C=Nc3ccccc3N2C1. The Morgan fingerprint density at radius 1 is 1.38 bits per heavy atom. The molecule has 1 aromatic rings. The van der Waals surface area contributed by atoms with E-state index in [1.807, 2.05) is 29.3 Å². The Morgan fingerprint density at radius 2 is 2.19 bits per heavy atom. The molecule has 2 heterocycles. The minimum absolute atomic E-state index is 0.364. The normalized spacial score (nSPS) is 16.9. The summed E-state index contributed by atoms with van der Waals surface area (Å²) in [6.07, 6.45) is 3.21. The number of carbonyl (C=O) groups is 1. The second-order valence-corrected chi connectivity index (χ2v) is 3.63. The third-order valence-electron chi connectivity index (χ3n) is 2.64. The molecule has 0 unspecified atom stereocenters. The highest BCUT2D eigenvalue weighted by Crippen LogP contribution is 2.34. The van der Waals surface area contributed by atoms with Crippen LogP contribution in [0.4, 0.5) is 11.4 Å². The Hall–Kier alpha value is -2.30. The van der Waals surface area contributed by atoms with Crippen LogP contribution in [0, 0.1) is 0 Å². The second kappa shape index (κ2) is 3.10. The monoisotopic (exact) mass is 215 g/mol. The standard InChI is InChI=1S/C11H9N3O2/c15-11(16)8-5-13-7-12-9-3-1-2-4-10(9)14(13)6-8/h1-5,7H,6H2,(H,15,16). The van der Waals surface area contributed by atoms with Crippen molar-refractivity contribution in [2.24, 2.45) is 4.99 Å². The van der Waals surface area contributed by atoms with Gasteiger partial charge >= 0.3 is 5.97 Å². The average Bonchev–Trinajstić information content (AvgIpc) is 2.73. The predicted octanol–water partition coefficient (Wildman–Crippen LogP) is 1.37. The molecule has 0 spiro atoms. The van der Waals surface area contributed by atoms with E-state index < -0.39 is 5.97 Å². The second-order valence-electron chi connectivity index (χ2n) is 3.63. The van der Waals surface area contributed by atoms with Gasteiger partial charge in [0.2, 0.25) is 0 Å². The molecule has 0 bridgehead atoms. The van der Waals surface area contributed by atoms with E-state index in [-0.39, 0.29) is 0 Å². The number of rotatable bonds is 1. The van der Waals surface area contributed by atoms with E-state index >= 15 is 0 Å². The number of hydrogen-bond donors (Lipinski definition) is 1. The van der Waals surface area contributed by atoms with Gasteiger partial charge in [0, 0.05) is 6.20 Å². The number of aliphatic carboxylic acids is 1. The summed E-state index contributed by atoms with van der Waals surface area (Å²) in [5.41, 5.74) is 2.15. The zero-order valence-electron chi connectivity index (χ0n) is 8.37. The lowest BCUT2D eigenvalue weighted by Gasteiger charge is -2.31. The topological polar surface area (TPSA) is 56.1 Å². The minimum Gasteiger partial charge on any atom is -0.478 e. The summed E-state index contributed by atoms with van der Waals surface area (Å²) in [4.78, 5) is 15.1. The van der Waals surface area contributed by atoms with Crippen LogP contribution in [-0.2, 0) is 4.79 Å². The molecule has 16 heavy (non-hydrogen) atoms. The molecule has 2 aliphatic heterocycles. The van der Waals surface area contributed by atoms with Gasteiger partial charge in [-0.25, -0.2) is 14.8 Å². The smallest absolute Gasteiger partial charge is 0.335 e. The van der Waals surface area contributed by atoms with Crippen LogP contribution >= 0.6 is 0 Å². The lowest BCUT2D eigenvalue weighted by atomic mass is 10.2. The van der Waals surface area contributed by atoms with Gasteiger partial charge in [0.05, 0.1) is 23.5 Å². The molecule has 1 N–H and O–H groups in total. The van der Waals surface area contributed by atoms with Gasteiger partial charge in [-0.2, -0.15) is 0 Å². The Balaban J connectivity index is 2.02. The number of anilines is 1. The minimum atomic E-state index is -0.889. The molecule has 0 aromatic heterocycles. The lowest BCUT2D eigenvalue weighted by Crippen LogP contribution is -2.36. The van der Waals surface area contributed by atoms with Crippen LogP contribution in [-0.4, -0.2) is 29.0 Å². The van der Waals surface area contributed by atoms with Gasteiger partial charge in [0.1, 0.15) is 6.34 Å². The molecule has 5 nitrogen and oxygen atoms in total. The van der Waals surface area contributed by atoms with Crippen molar-refractivity contribution in [3.63, 3.8) is 0 Å². The molecular weight excluding hydrogens is 206 g/mol. The van der Waals surface area contributed by atoms with E-state index in [1.165, 1.54) is 0 Å². The highest BCUT2D eigenvalue weighted by molar-refractivity contribution is 5.91. The van der Waals surface area contributed by atoms with Crippen LogP contribution in [0.2, 0.25) is 0 Å². The number of nitrogens with zero attached hydrogens (tertiary/aromatic N) is 3. The first-order chi connectivity index (χ1) is 7.75. The van der Waals surface area contributed by atoms with Crippen molar-refractivity contribution >= 4 is 23.7 Å². The fourth-order valence-electron chi connectivity index (χ4n) is 1.85. The summed E-state index contributed by atoms with van der Waals surface area (Å²) in [5.74, 6) is -0.889. The largest absolute Gasteiger partial charge is 0.478 e. The molecule has 2 aliphatic rings. The van der Waals surface area contributed by atoms with Gasteiger partial charge in [0.15, 0.2) is 0 Å². The Morgan fingerprint density at radius 3 is 3.00 bits per heavy atom. The molecule has 0 saturated heterocycles. The van der Waals surface area contributed by atoms with Crippen molar-refractivity contribution in [1.29, 1.82) is 0 Å². The van der Waals surface area contributed by atoms with Crippen LogP contribution in [0.5, 0.6) is 0 Å². The van der Waals surface area contributed by atoms with Crippen molar-refractivity contribution in [3.8, 4) is 0 Å². The summed E-state index contributed by atoms with van der Waals surface area (Å²) < 4.78 is 0. The molecule has 0 fully saturated rings. The summed E-state index contributed by atoms with van der Waals surface area (Å²) in [5, 5.41) is 12.5. The number of aliphatic imine (C=N–C) groups is 1. The van der Waals surface area contributed by atoms with Gasteiger partial charge in [-0.3, -0.25) is 5.01 Å². The zero-order valence-corrected chi connectivity index (χ0v) is 8.37. The van der Waals surface area contributed by atoms with Crippen LogP contribution in [0.3, 0.4) is 0 Å². The quantitative estimate of drug-likeness (QED) is 0.768. The van der Waals surface area contributed by atoms with Crippen molar-refractivity contribution in [2.75, 3.05) is 11.6 Å². The third-order valence-corrected chi connectivity index (χ3v) is 2.64. The highest BCUT2D eigenvalue weighted by Gasteiger charge is 2.28. The molecule has 0 saturated carbocycles. The fraction of sp³-hybridized carbons (Fsp3) is 0.0909. The molecule has 0 radical (unpaired) electrons. The number of hydrazine groups is 1. The van der Waals surface area contributed by atoms with Gasteiger partial charge < -0.3 is 5.11 Å². The summed E-state index contributed by atoms with van der Waals surface area (Å²) in [7, 11) is 0. The van der Waals surface area contributed by atoms with E-state index in [0.29, 0.717) is 12.1 Å². The number of benzene rings is 1. The first-order valence-corrected chi connectivity index (χ1v) is 4.89. The Bertz CT molecular complexity index is 522. The fourth-order valence-corrected chi connectivity index (χ4v) is 1.85. The first kappa shape index (κ1) is 8.96. The van der Waals surface area contributed by atoms with Crippen LogP contribution in [0.25, 0.3) is 0 Å². The molecule has 80 valence electrons. The molecule has 0 atom stereocenters. The molecule has 0 aliphatic carbocycles. The Kier molecular flexibility index (Phi) is 1.73. The van der Waals surface area contributed by atoms with E-state index in [4.69, 9.17) is 5.11 Å². The molecule has 3 rings (SSSR count). The average molecular weight is 215 g/mol. The van der Waals surface area contributed by atoms with Crippen LogP contribution < -0.4 is 5.01 Å². The number of fused-ring (bicyclic) bond motifs is 3. The molecule has 5 heteroatoms. The van der Waals surface area contributed by atoms with E-state index in [1.54, 1.807) is 17.5 Å². The number of carboxylic acids is 1. The number of carboxylic acid groups (broad SMARTS) is 1. The van der Waals surface area contributed by atoms with E-state index in [9.17, 15) is 4.79 Å². The lowest BCUT2D eigenvalue weighted by molar-refractivity contribution is -0.132. The predicted molar refractivity (Wildman–Crippen MR) is 59.5 cm³/mol. The summed E-state index contributed by atoms with van der Waals surface area (Å²) in [6.45, 7) is 0.373. The van der Waals surface area contributed by atoms with Gasteiger partial charge in [0.25, 0.3) is 0 Å². The van der Waals surface area contributed by atoms with Crippen molar-refractivity contribution in [3.05, 3.63) is 36.0 Å². The van der Waals surface area contributed by atoms with Gasteiger partial charge in [-0.05, 0) is 12.1 Å². The van der Waals surface area contributed by atoms with Crippen molar-refractivity contribution < 1.29 is 9.90 Å². The maximum Gasteiger partial charge on any atom is 0.335 e. The Labute approximate surface area is 91.9 Å².